The summed E-state index contributed by atoms with van der Waals surface area (Å²) >= 11 is 0. The van der Waals surface area contributed by atoms with Crippen LogP contribution in [0.25, 0.3) is 5.69 Å². The molecule has 0 saturated carbocycles. The maximum Gasteiger partial charge on any atom is 0.357 e. The molecule has 0 aliphatic rings. The van der Waals surface area contributed by atoms with Crippen LogP contribution in [0, 0.1) is 5.82 Å². The number of benzene rings is 3. The Hall–Kier alpha value is -4.26. The molecule has 6 nitrogen and oxygen atoms in total. The Labute approximate surface area is 197 Å². The van der Waals surface area contributed by atoms with Crippen LogP contribution in [-0.2, 0) is 9.53 Å². The fourth-order valence-electron chi connectivity index (χ4n) is 3.76. The Balaban J connectivity index is 1.31. The molecular weight excluding hydrogens is 433 g/mol. The third-order valence-corrected chi connectivity index (χ3v) is 5.45. The second-order valence-corrected chi connectivity index (χ2v) is 7.71. The average Bonchev–Trinajstić information content (AvgIpc) is 3.37. The zero-order chi connectivity index (χ0) is 23.8. The summed E-state index contributed by atoms with van der Waals surface area (Å²) in [6.07, 6.45) is 3.47. The predicted octanol–water partition coefficient (Wildman–Crippen LogP) is 4.51. The van der Waals surface area contributed by atoms with Crippen molar-refractivity contribution < 1.29 is 18.7 Å². The van der Waals surface area contributed by atoms with Crippen molar-refractivity contribution in [2.45, 2.75) is 12.3 Å². The Morgan fingerprint density at radius 1 is 0.912 bits per heavy atom. The van der Waals surface area contributed by atoms with E-state index in [4.69, 9.17) is 4.74 Å². The molecule has 0 spiro atoms. The van der Waals surface area contributed by atoms with E-state index in [9.17, 15) is 14.0 Å². The van der Waals surface area contributed by atoms with E-state index in [0.29, 0.717) is 18.7 Å². The van der Waals surface area contributed by atoms with Gasteiger partial charge in [0, 0.05) is 18.2 Å². The minimum atomic E-state index is -0.691. The summed E-state index contributed by atoms with van der Waals surface area (Å²) in [5.41, 5.74) is 3.04. The molecular formula is C27H24FN3O3. The lowest BCUT2D eigenvalue weighted by molar-refractivity contribution is -0.124. The normalized spacial score (nSPS) is 10.8. The number of aromatic nitrogens is 2. The third kappa shape index (κ3) is 5.75. The SMILES string of the molecule is O=C(COC(=O)c1cncn1-c1ccc(F)cc1)NCCC(c1ccccc1)c1ccccc1. The number of rotatable bonds is 9. The van der Waals surface area contributed by atoms with E-state index in [1.807, 2.05) is 36.4 Å². The minimum Gasteiger partial charge on any atom is -0.451 e. The molecule has 3 aromatic carbocycles. The van der Waals surface area contributed by atoms with E-state index in [0.717, 1.165) is 0 Å². The lowest BCUT2D eigenvalue weighted by Crippen LogP contribution is -2.30. The first-order chi connectivity index (χ1) is 16.6. The highest BCUT2D eigenvalue weighted by molar-refractivity contribution is 5.90. The summed E-state index contributed by atoms with van der Waals surface area (Å²) in [5, 5.41) is 2.83. The monoisotopic (exact) mass is 457 g/mol. The smallest absolute Gasteiger partial charge is 0.357 e. The molecule has 7 heteroatoms. The van der Waals surface area contributed by atoms with E-state index in [-0.39, 0.29) is 23.3 Å². The summed E-state index contributed by atoms with van der Waals surface area (Å²) in [6, 6.07) is 25.9. The molecule has 0 unspecified atom stereocenters. The number of hydrogen-bond donors (Lipinski definition) is 1. The second-order valence-electron chi connectivity index (χ2n) is 7.71. The second kappa shape index (κ2) is 11.0. The molecule has 0 saturated heterocycles. The zero-order valence-corrected chi connectivity index (χ0v) is 18.4. The number of amides is 1. The molecule has 34 heavy (non-hydrogen) atoms. The third-order valence-electron chi connectivity index (χ3n) is 5.45. The van der Waals surface area contributed by atoms with Crippen LogP contribution in [0.2, 0.25) is 0 Å². The van der Waals surface area contributed by atoms with Crippen molar-refractivity contribution >= 4 is 11.9 Å². The largest absolute Gasteiger partial charge is 0.451 e. The molecule has 1 amide bonds. The summed E-state index contributed by atoms with van der Waals surface area (Å²) in [7, 11) is 0. The van der Waals surface area contributed by atoms with Gasteiger partial charge in [0.15, 0.2) is 12.3 Å². The van der Waals surface area contributed by atoms with Gasteiger partial charge in [-0.2, -0.15) is 0 Å². The van der Waals surface area contributed by atoms with Gasteiger partial charge in [-0.3, -0.25) is 9.36 Å². The number of nitrogens with one attached hydrogen (secondary N) is 1. The van der Waals surface area contributed by atoms with Crippen LogP contribution in [0.5, 0.6) is 0 Å². The molecule has 4 rings (SSSR count). The van der Waals surface area contributed by atoms with Crippen molar-refractivity contribution in [3.05, 3.63) is 120 Å². The number of carbonyl (C=O) groups is 2. The Morgan fingerprint density at radius 3 is 2.15 bits per heavy atom. The van der Waals surface area contributed by atoms with E-state index in [1.165, 1.54) is 52.5 Å². The van der Waals surface area contributed by atoms with Gasteiger partial charge < -0.3 is 10.1 Å². The minimum absolute atomic E-state index is 0.135. The first-order valence-corrected chi connectivity index (χ1v) is 10.9. The quantitative estimate of drug-likeness (QED) is 0.376. The van der Waals surface area contributed by atoms with E-state index in [2.05, 4.69) is 34.6 Å². The van der Waals surface area contributed by atoms with Crippen molar-refractivity contribution in [1.82, 2.24) is 14.9 Å². The van der Waals surface area contributed by atoms with Crippen molar-refractivity contribution in [1.29, 1.82) is 0 Å². The summed E-state index contributed by atoms with van der Waals surface area (Å²) in [5.74, 6) is -1.33. The van der Waals surface area contributed by atoms with Crippen molar-refractivity contribution in [3.8, 4) is 5.69 Å². The molecule has 0 aliphatic carbocycles. The summed E-state index contributed by atoms with van der Waals surface area (Å²) in [6.45, 7) is 0.0210. The van der Waals surface area contributed by atoms with E-state index >= 15 is 0 Å². The Kier molecular flexibility index (Phi) is 7.45. The molecule has 0 fully saturated rings. The fourth-order valence-corrected chi connectivity index (χ4v) is 3.76. The highest BCUT2D eigenvalue weighted by Crippen LogP contribution is 2.27. The topological polar surface area (TPSA) is 73.2 Å². The first kappa shape index (κ1) is 22.9. The molecule has 0 aliphatic heterocycles. The van der Waals surface area contributed by atoms with Crippen LogP contribution in [0.4, 0.5) is 4.39 Å². The van der Waals surface area contributed by atoms with E-state index in [1.54, 1.807) is 0 Å². The molecule has 0 radical (unpaired) electrons. The highest BCUT2D eigenvalue weighted by Gasteiger charge is 2.17. The van der Waals surface area contributed by atoms with Gasteiger partial charge >= 0.3 is 5.97 Å². The maximum atomic E-state index is 13.2. The van der Waals surface area contributed by atoms with Gasteiger partial charge in [0.25, 0.3) is 5.91 Å². The average molecular weight is 458 g/mol. The predicted molar refractivity (Wildman–Crippen MR) is 126 cm³/mol. The fraction of sp³-hybridized carbons (Fsp3) is 0.148. The molecule has 0 atom stereocenters. The molecule has 1 N–H and O–H groups in total. The lowest BCUT2D eigenvalue weighted by atomic mass is 9.88. The molecule has 1 aromatic heterocycles. The van der Waals surface area contributed by atoms with Crippen LogP contribution >= 0.6 is 0 Å². The van der Waals surface area contributed by atoms with Gasteiger partial charge in [-0.05, 0) is 41.8 Å². The Morgan fingerprint density at radius 2 is 1.53 bits per heavy atom. The van der Waals surface area contributed by atoms with Crippen LogP contribution in [0.3, 0.4) is 0 Å². The standard InChI is InChI=1S/C27H24FN3O3/c28-22-11-13-23(14-12-22)31-19-29-17-25(31)27(33)34-18-26(32)30-16-15-24(20-7-3-1-4-8-20)21-9-5-2-6-10-21/h1-14,17,19,24H,15-16,18H2,(H,30,32). The van der Waals surface area contributed by atoms with Gasteiger partial charge in [0.2, 0.25) is 0 Å². The highest BCUT2D eigenvalue weighted by atomic mass is 19.1. The molecule has 0 bridgehead atoms. The van der Waals surface area contributed by atoms with Crippen LogP contribution < -0.4 is 5.32 Å². The number of halogens is 1. The van der Waals surface area contributed by atoms with Gasteiger partial charge in [-0.25, -0.2) is 14.2 Å². The summed E-state index contributed by atoms with van der Waals surface area (Å²) in [4.78, 5) is 28.8. The van der Waals surface area contributed by atoms with Crippen molar-refractivity contribution in [3.63, 3.8) is 0 Å². The zero-order valence-electron chi connectivity index (χ0n) is 18.4. The number of hydrogen-bond acceptors (Lipinski definition) is 4. The van der Waals surface area contributed by atoms with Crippen LogP contribution in [-0.4, -0.2) is 34.6 Å². The lowest BCUT2D eigenvalue weighted by Gasteiger charge is -2.18. The van der Waals surface area contributed by atoms with Gasteiger partial charge in [0.1, 0.15) is 5.82 Å². The van der Waals surface area contributed by atoms with Crippen molar-refractivity contribution in [2.24, 2.45) is 0 Å². The number of ether oxygens (including phenoxy) is 1. The number of esters is 1. The Bertz CT molecular complexity index is 1190. The number of imidazole rings is 1. The van der Waals surface area contributed by atoms with Gasteiger partial charge in [-0.1, -0.05) is 60.7 Å². The van der Waals surface area contributed by atoms with Crippen molar-refractivity contribution in [2.75, 3.05) is 13.2 Å². The molecule has 4 aromatic rings. The van der Waals surface area contributed by atoms with Crippen LogP contribution in [0.1, 0.15) is 34.0 Å². The van der Waals surface area contributed by atoms with Crippen LogP contribution in [0.15, 0.2) is 97.5 Å². The maximum absolute atomic E-state index is 13.2. The molecule has 172 valence electrons. The van der Waals surface area contributed by atoms with Gasteiger partial charge in [0.05, 0.1) is 12.5 Å². The molecule has 1 heterocycles. The summed E-state index contributed by atoms with van der Waals surface area (Å²) < 4.78 is 19.8. The number of nitrogens with zero attached hydrogens (tertiary/aromatic N) is 2. The first-order valence-electron chi connectivity index (χ1n) is 10.9. The van der Waals surface area contributed by atoms with Gasteiger partial charge in [-0.15, -0.1) is 0 Å². The van der Waals surface area contributed by atoms with E-state index < -0.39 is 12.6 Å². The number of carbonyl (C=O) groups excluding carboxylic acids is 2.